The van der Waals surface area contributed by atoms with E-state index in [2.05, 4.69) is 35.0 Å². The molecular weight excluding hydrogens is 372 g/mol. The van der Waals surface area contributed by atoms with Gasteiger partial charge in [0.15, 0.2) is 0 Å². The first-order valence-corrected chi connectivity index (χ1v) is 10.4. The summed E-state index contributed by atoms with van der Waals surface area (Å²) in [5.41, 5.74) is 0. The highest BCUT2D eigenvalue weighted by molar-refractivity contribution is 6.01. The zero-order valence-corrected chi connectivity index (χ0v) is 17.5. The second kappa shape index (κ2) is 14.4. The Morgan fingerprint density at radius 3 is 2.52 bits per heavy atom. The van der Waals surface area contributed by atoms with Crippen LogP contribution in [0.25, 0.3) is 0 Å². The Morgan fingerprint density at radius 1 is 1.07 bits per heavy atom. The van der Waals surface area contributed by atoms with Gasteiger partial charge in [-0.05, 0) is 25.7 Å². The average Bonchev–Trinajstić information content (AvgIpc) is 2.70. The molecule has 29 heavy (non-hydrogen) atoms. The molecule has 1 rings (SSSR count). The number of urea groups is 1. The van der Waals surface area contributed by atoms with E-state index in [0.29, 0.717) is 12.8 Å². The first-order valence-electron chi connectivity index (χ1n) is 10.4. The SMILES string of the molecule is CCCCC/C=C\C/C=C\CCC(=O)NCCC(=O)N[C@@H]1CNC(=O)N(C)C1=O. The smallest absolute Gasteiger partial charge is 0.323 e. The average molecular weight is 407 g/mol. The second-order valence-electron chi connectivity index (χ2n) is 7.02. The van der Waals surface area contributed by atoms with Crippen LogP contribution in [-0.4, -0.2) is 54.8 Å². The number of carbonyl (C=O) groups is 4. The highest BCUT2D eigenvalue weighted by Gasteiger charge is 2.32. The van der Waals surface area contributed by atoms with E-state index in [1.165, 1.54) is 26.3 Å². The van der Waals surface area contributed by atoms with E-state index in [4.69, 9.17) is 0 Å². The lowest BCUT2D eigenvalue weighted by Crippen LogP contribution is -2.61. The van der Waals surface area contributed by atoms with Gasteiger partial charge < -0.3 is 16.0 Å². The maximum Gasteiger partial charge on any atom is 0.323 e. The van der Waals surface area contributed by atoms with Crippen molar-refractivity contribution in [3.8, 4) is 0 Å². The number of likely N-dealkylation sites (N-methyl/N-ethyl adjacent to an activating group) is 1. The lowest BCUT2D eigenvalue weighted by molar-refractivity contribution is -0.134. The van der Waals surface area contributed by atoms with Crippen molar-refractivity contribution in [3.63, 3.8) is 0 Å². The maximum atomic E-state index is 11.9. The van der Waals surface area contributed by atoms with Crippen molar-refractivity contribution in [2.75, 3.05) is 20.1 Å². The number of allylic oxidation sites excluding steroid dienone is 4. The van der Waals surface area contributed by atoms with Gasteiger partial charge in [0, 0.05) is 33.0 Å². The number of nitrogens with zero attached hydrogens (tertiary/aromatic N) is 1. The number of amides is 5. The van der Waals surface area contributed by atoms with Crippen LogP contribution < -0.4 is 16.0 Å². The van der Waals surface area contributed by atoms with Crippen LogP contribution in [0, 0.1) is 0 Å². The highest BCUT2D eigenvalue weighted by Crippen LogP contribution is 2.01. The first kappa shape index (κ1) is 24.4. The summed E-state index contributed by atoms with van der Waals surface area (Å²) in [5.74, 6) is -0.911. The quantitative estimate of drug-likeness (QED) is 0.321. The molecule has 1 heterocycles. The van der Waals surface area contributed by atoms with Crippen molar-refractivity contribution in [1.29, 1.82) is 0 Å². The minimum atomic E-state index is -0.772. The van der Waals surface area contributed by atoms with Crippen LogP contribution in [0.3, 0.4) is 0 Å². The standard InChI is InChI=1S/C21H34N4O4/c1-3-4-5-6-7-8-9-10-11-12-13-18(26)22-15-14-19(27)24-17-16-23-21(29)25(2)20(17)28/h7-8,10-11,17H,3-6,9,12-16H2,1-2H3,(H,22,26)(H,23,29)(H,24,27)/b8-7-,11-10-/t17-/m1/s1. The largest absolute Gasteiger partial charge is 0.356 e. The Balaban J connectivity index is 2.08. The van der Waals surface area contributed by atoms with Crippen molar-refractivity contribution >= 4 is 23.8 Å². The van der Waals surface area contributed by atoms with Gasteiger partial charge in [0.2, 0.25) is 11.8 Å². The molecule has 0 bridgehead atoms. The molecule has 3 N–H and O–H groups in total. The first-order chi connectivity index (χ1) is 14.0. The van der Waals surface area contributed by atoms with Gasteiger partial charge in [-0.1, -0.05) is 44.1 Å². The Hall–Kier alpha value is -2.64. The third-order valence-electron chi connectivity index (χ3n) is 4.52. The van der Waals surface area contributed by atoms with E-state index < -0.39 is 18.0 Å². The molecule has 1 fully saturated rings. The summed E-state index contributed by atoms with van der Waals surface area (Å²) in [6.45, 7) is 2.47. The molecule has 1 aliphatic rings. The third-order valence-corrected chi connectivity index (χ3v) is 4.52. The number of hydrogen-bond acceptors (Lipinski definition) is 4. The number of hydrogen-bond donors (Lipinski definition) is 3. The molecule has 8 heteroatoms. The van der Waals surface area contributed by atoms with Crippen LogP contribution in [-0.2, 0) is 14.4 Å². The van der Waals surface area contributed by atoms with Crippen LogP contribution >= 0.6 is 0 Å². The summed E-state index contributed by atoms with van der Waals surface area (Å²) in [4.78, 5) is 47.8. The summed E-state index contributed by atoms with van der Waals surface area (Å²) >= 11 is 0. The van der Waals surface area contributed by atoms with Gasteiger partial charge >= 0.3 is 6.03 Å². The van der Waals surface area contributed by atoms with Gasteiger partial charge in [0.1, 0.15) is 6.04 Å². The molecule has 0 unspecified atom stereocenters. The number of imide groups is 1. The Labute approximate surface area is 173 Å². The zero-order valence-electron chi connectivity index (χ0n) is 17.5. The molecule has 0 aromatic heterocycles. The molecule has 1 saturated heterocycles. The molecule has 8 nitrogen and oxygen atoms in total. The Morgan fingerprint density at radius 2 is 1.79 bits per heavy atom. The van der Waals surface area contributed by atoms with Crippen molar-refractivity contribution in [2.45, 2.75) is 64.3 Å². The Kier molecular flexibility index (Phi) is 12.1. The molecule has 162 valence electrons. The minimum absolute atomic E-state index is 0.0698. The zero-order chi connectivity index (χ0) is 21.5. The van der Waals surface area contributed by atoms with Crippen molar-refractivity contribution < 1.29 is 19.2 Å². The molecule has 5 amide bonds. The molecule has 0 aromatic rings. The van der Waals surface area contributed by atoms with Crippen LogP contribution in [0.1, 0.15) is 58.3 Å². The molecule has 0 aromatic carbocycles. The molecule has 0 aliphatic carbocycles. The fourth-order valence-corrected chi connectivity index (χ4v) is 2.75. The number of carbonyl (C=O) groups excluding carboxylic acids is 4. The van der Waals surface area contributed by atoms with E-state index in [1.807, 2.05) is 12.2 Å². The summed E-state index contributed by atoms with van der Waals surface area (Å²) in [6, 6.07) is -1.25. The normalized spacial score (nSPS) is 17.0. The highest BCUT2D eigenvalue weighted by atomic mass is 16.2. The summed E-state index contributed by atoms with van der Waals surface area (Å²) in [7, 11) is 1.36. The van der Waals surface area contributed by atoms with Gasteiger partial charge in [-0.2, -0.15) is 0 Å². The maximum absolute atomic E-state index is 11.9. The van der Waals surface area contributed by atoms with Gasteiger partial charge in [-0.15, -0.1) is 0 Å². The lowest BCUT2D eigenvalue weighted by atomic mass is 10.2. The molecular formula is C21H34N4O4. The van der Waals surface area contributed by atoms with E-state index in [0.717, 1.165) is 17.7 Å². The summed E-state index contributed by atoms with van der Waals surface area (Å²) in [6.07, 6.45) is 15.2. The lowest BCUT2D eigenvalue weighted by Gasteiger charge is -2.29. The fourth-order valence-electron chi connectivity index (χ4n) is 2.75. The molecule has 0 saturated carbocycles. The Bertz CT molecular complexity index is 616. The van der Waals surface area contributed by atoms with Crippen LogP contribution in [0.4, 0.5) is 4.79 Å². The monoisotopic (exact) mass is 406 g/mol. The molecule has 1 atom stereocenters. The summed E-state index contributed by atoms with van der Waals surface area (Å²) < 4.78 is 0. The van der Waals surface area contributed by atoms with Gasteiger partial charge in [0.25, 0.3) is 5.91 Å². The topological polar surface area (TPSA) is 108 Å². The molecule has 0 spiro atoms. The summed E-state index contributed by atoms with van der Waals surface area (Å²) in [5, 5.41) is 7.78. The number of unbranched alkanes of at least 4 members (excludes halogenated alkanes) is 3. The number of rotatable bonds is 13. The van der Waals surface area contributed by atoms with Gasteiger partial charge in [-0.25, -0.2) is 4.79 Å². The number of nitrogens with one attached hydrogen (secondary N) is 3. The predicted molar refractivity (Wildman–Crippen MR) is 112 cm³/mol. The second-order valence-corrected chi connectivity index (χ2v) is 7.02. The minimum Gasteiger partial charge on any atom is -0.356 e. The van der Waals surface area contributed by atoms with Gasteiger partial charge in [0.05, 0.1) is 0 Å². The van der Waals surface area contributed by atoms with Crippen molar-refractivity contribution in [2.24, 2.45) is 0 Å². The van der Waals surface area contributed by atoms with Crippen LogP contribution in [0.2, 0.25) is 0 Å². The van der Waals surface area contributed by atoms with E-state index in [1.54, 1.807) is 0 Å². The predicted octanol–water partition coefficient (Wildman–Crippen LogP) is 2.02. The molecule has 1 aliphatic heterocycles. The third kappa shape index (κ3) is 10.5. The molecule has 0 radical (unpaired) electrons. The van der Waals surface area contributed by atoms with E-state index in [9.17, 15) is 19.2 Å². The van der Waals surface area contributed by atoms with E-state index in [-0.39, 0.29) is 31.3 Å². The van der Waals surface area contributed by atoms with E-state index >= 15 is 0 Å². The fraction of sp³-hybridized carbons (Fsp3) is 0.619. The van der Waals surface area contributed by atoms with Gasteiger partial charge in [-0.3, -0.25) is 19.3 Å². The van der Waals surface area contributed by atoms with Crippen LogP contribution in [0.15, 0.2) is 24.3 Å². The van der Waals surface area contributed by atoms with Crippen molar-refractivity contribution in [1.82, 2.24) is 20.9 Å². The van der Waals surface area contributed by atoms with Crippen LogP contribution in [0.5, 0.6) is 0 Å². The van der Waals surface area contributed by atoms with Crippen molar-refractivity contribution in [3.05, 3.63) is 24.3 Å².